The van der Waals surface area contributed by atoms with Gasteiger partial charge in [0, 0.05) is 5.92 Å². The van der Waals surface area contributed by atoms with E-state index in [1.54, 1.807) is 5.20 Å². The molecule has 0 fully saturated rings. The Labute approximate surface area is 100 Å². The molecule has 0 amide bonds. The fraction of sp³-hybridized carbons (Fsp3) is 0.467. The predicted molar refractivity (Wildman–Crippen MR) is 74.5 cm³/mol. The van der Waals surface area contributed by atoms with Gasteiger partial charge < -0.3 is 0 Å². The maximum atomic E-state index is 2.54. The molecule has 16 heavy (non-hydrogen) atoms. The van der Waals surface area contributed by atoms with E-state index in [-0.39, 0.29) is 0 Å². The first-order chi connectivity index (χ1) is 7.59. The van der Waals surface area contributed by atoms with E-state index >= 15 is 0 Å². The fourth-order valence-electron chi connectivity index (χ4n) is 2.74. The summed E-state index contributed by atoms with van der Waals surface area (Å²) in [6.45, 7) is 7.42. The lowest BCUT2D eigenvalue weighted by atomic mass is 9.89. The van der Waals surface area contributed by atoms with Crippen molar-refractivity contribution in [2.45, 2.75) is 44.8 Å². The monoisotopic (exact) mass is 230 g/mol. The van der Waals surface area contributed by atoms with Crippen molar-refractivity contribution in [3.63, 3.8) is 0 Å². The lowest BCUT2D eigenvalue weighted by Gasteiger charge is -2.32. The van der Waals surface area contributed by atoms with Crippen molar-refractivity contribution in [1.29, 1.82) is 0 Å². The molecule has 1 aliphatic rings. The zero-order valence-electron chi connectivity index (χ0n) is 10.7. The Bertz CT molecular complexity index is 370. The van der Waals surface area contributed by atoms with Gasteiger partial charge in [0.1, 0.15) is 0 Å². The number of hydrogen-bond acceptors (Lipinski definition) is 0. The minimum atomic E-state index is -1.14. The van der Waals surface area contributed by atoms with Gasteiger partial charge in [-0.3, -0.25) is 0 Å². The molecule has 1 aromatic carbocycles. The van der Waals surface area contributed by atoms with Crippen molar-refractivity contribution in [3.05, 3.63) is 47.2 Å². The van der Waals surface area contributed by atoms with Crippen LogP contribution in [0.1, 0.15) is 30.7 Å². The molecule has 1 aromatic rings. The molecule has 0 bridgehead atoms. The summed E-state index contributed by atoms with van der Waals surface area (Å²) in [5, 5.41) is 1.77. The number of benzene rings is 1. The summed E-state index contributed by atoms with van der Waals surface area (Å²) in [4.78, 5) is 0. The van der Waals surface area contributed by atoms with E-state index in [9.17, 15) is 0 Å². The van der Waals surface area contributed by atoms with E-state index in [2.05, 4.69) is 56.0 Å². The maximum Gasteiger partial charge on any atom is 0.0728 e. The Balaban J connectivity index is 2.33. The molecule has 0 aliphatic heterocycles. The van der Waals surface area contributed by atoms with Gasteiger partial charge in [-0.1, -0.05) is 61.2 Å². The molecule has 1 atom stereocenters. The normalized spacial score (nSPS) is 21.7. The lowest BCUT2D eigenvalue weighted by molar-refractivity contribution is 0.640. The maximum absolute atomic E-state index is 2.54. The van der Waals surface area contributed by atoms with Crippen LogP contribution < -0.4 is 0 Å². The van der Waals surface area contributed by atoms with Crippen molar-refractivity contribution in [2.24, 2.45) is 0 Å². The summed E-state index contributed by atoms with van der Waals surface area (Å²) in [5.74, 6) is 0.710. The van der Waals surface area contributed by atoms with Crippen LogP contribution >= 0.6 is 0 Å². The van der Waals surface area contributed by atoms with E-state index in [0.717, 1.165) is 0 Å². The predicted octanol–water partition coefficient (Wildman–Crippen LogP) is 4.76. The second-order valence-corrected chi connectivity index (χ2v) is 10.9. The van der Waals surface area contributed by atoms with Gasteiger partial charge in [-0.25, -0.2) is 0 Å². The Morgan fingerprint density at radius 3 is 2.38 bits per heavy atom. The van der Waals surface area contributed by atoms with Gasteiger partial charge in [-0.2, -0.15) is 0 Å². The number of allylic oxidation sites excluding steroid dienone is 2. The molecule has 0 aromatic heterocycles. The summed E-state index contributed by atoms with van der Waals surface area (Å²) in [6, 6.07) is 11.1. The zero-order chi connectivity index (χ0) is 11.6. The second kappa shape index (κ2) is 4.58. The van der Waals surface area contributed by atoms with Gasteiger partial charge in [0.05, 0.1) is 8.07 Å². The summed E-state index contributed by atoms with van der Waals surface area (Å²) >= 11 is 0. The Morgan fingerprint density at radius 1 is 1.06 bits per heavy atom. The van der Waals surface area contributed by atoms with Gasteiger partial charge >= 0.3 is 0 Å². The first kappa shape index (κ1) is 11.7. The third kappa shape index (κ3) is 2.46. The van der Waals surface area contributed by atoms with Crippen LogP contribution in [-0.2, 0) is 0 Å². The largest absolute Gasteiger partial charge is 0.0886 e. The van der Waals surface area contributed by atoms with Crippen LogP contribution in [0.2, 0.25) is 19.6 Å². The standard InChI is InChI=1S/C15H22Si/c1-16(2,3)15-12-8-7-11-14(15)13-9-5-4-6-10-13/h4-6,9-10,12,14H,7-8,11H2,1-3H3/t14-/m1/s1. The van der Waals surface area contributed by atoms with Crippen molar-refractivity contribution < 1.29 is 0 Å². The van der Waals surface area contributed by atoms with Crippen LogP contribution in [0, 0.1) is 0 Å². The highest BCUT2D eigenvalue weighted by Crippen LogP contribution is 2.38. The van der Waals surface area contributed by atoms with Gasteiger partial charge in [0.2, 0.25) is 0 Å². The van der Waals surface area contributed by atoms with Gasteiger partial charge in [0.15, 0.2) is 0 Å². The molecule has 0 radical (unpaired) electrons. The van der Waals surface area contributed by atoms with E-state index in [1.165, 1.54) is 24.8 Å². The molecule has 86 valence electrons. The van der Waals surface area contributed by atoms with Gasteiger partial charge in [0.25, 0.3) is 0 Å². The summed E-state index contributed by atoms with van der Waals surface area (Å²) in [7, 11) is -1.14. The fourth-order valence-corrected chi connectivity index (χ4v) is 4.85. The molecule has 0 heterocycles. The second-order valence-electron chi connectivity index (χ2n) is 5.80. The summed E-state index contributed by atoms with van der Waals surface area (Å²) in [6.07, 6.45) is 6.53. The van der Waals surface area contributed by atoms with Crippen LogP contribution in [0.4, 0.5) is 0 Å². The van der Waals surface area contributed by atoms with Crippen molar-refractivity contribution in [3.8, 4) is 0 Å². The van der Waals surface area contributed by atoms with E-state index in [0.29, 0.717) is 5.92 Å². The molecule has 1 heteroatoms. The minimum absolute atomic E-state index is 0.710. The quantitative estimate of drug-likeness (QED) is 0.643. The zero-order valence-corrected chi connectivity index (χ0v) is 11.7. The van der Waals surface area contributed by atoms with Crippen molar-refractivity contribution in [2.75, 3.05) is 0 Å². The first-order valence-electron chi connectivity index (χ1n) is 6.34. The smallest absolute Gasteiger partial charge is 0.0728 e. The Morgan fingerprint density at radius 2 is 1.75 bits per heavy atom. The molecular weight excluding hydrogens is 208 g/mol. The Hall–Kier alpha value is -0.823. The van der Waals surface area contributed by atoms with E-state index in [1.807, 2.05) is 0 Å². The molecule has 0 nitrogen and oxygen atoms in total. The van der Waals surface area contributed by atoms with Crippen molar-refractivity contribution in [1.82, 2.24) is 0 Å². The Kier molecular flexibility index (Phi) is 3.34. The molecule has 0 saturated heterocycles. The molecule has 0 saturated carbocycles. The SMILES string of the molecule is C[Si](C)(C)C1=CCCC[C@@H]1c1ccccc1. The number of rotatable bonds is 2. The van der Waals surface area contributed by atoms with Crippen LogP contribution in [0.25, 0.3) is 0 Å². The van der Waals surface area contributed by atoms with E-state index in [4.69, 9.17) is 0 Å². The third-order valence-electron chi connectivity index (χ3n) is 3.50. The molecule has 0 N–H and O–H groups in total. The average Bonchev–Trinajstić information content (AvgIpc) is 2.29. The molecule has 0 unspecified atom stereocenters. The van der Waals surface area contributed by atoms with Crippen molar-refractivity contribution >= 4 is 8.07 Å². The van der Waals surface area contributed by atoms with Crippen LogP contribution in [0.3, 0.4) is 0 Å². The highest BCUT2D eigenvalue weighted by molar-refractivity contribution is 6.83. The lowest BCUT2D eigenvalue weighted by Crippen LogP contribution is -2.29. The molecule has 2 rings (SSSR count). The van der Waals surface area contributed by atoms with Gasteiger partial charge in [-0.15, -0.1) is 0 Å². The number of hydrogen-bond donors (Lipinski definition) is 0. The summed E-state index contributed by atoms with van der Waals surface area (Å²) in [5.41, 5.74) is 1.52. The van der Waals surface area contributed by atoms with E-state index < -0.39 is 8.07 Å². The molecule has 0 spiro atoms. The average molecular weight is 230 g/mol. The third-order valence-corrected chi connectivity index (χ3v) is 5.79. The molecular formula is C15H22Si. The highest BCUT2D eigenvalue weighted by atomic mass is 28.3. The first-order valence-corrected chi connectivity index (χ1v) is 9.84. The summed E-state index contributed by atoms with van der Waals surface area (Å²) < 4.78 is 0. The van der Waals surface area contributed by atoms with Crippen LogP contribution in [0.5, 0.6) is 0 Å². The molecule has 1 aliphatic carbocycles. The topological polar surface area (TPSA) is 0 Å². The van der Waals surface area contributed by atoms with Crippen LogP contribution in [0.15, 0.2) is 41.6 Å². The van der Waals surface area contributed by atoms with Gasteiger partial charge in [-0.05, 0) is 24.8 Å². The highest BCUT2D eigenvalue weighted by Gasteiger charge is 2.29. The van der Waals surface area contributed by atoms with Crippen LogP contribution in [-0.4, -0.2) is 8.07 Å². The minimum Gasteiger partial charge on any atom is -0.0886 e.